The van der Waals surface area contributed by atoms with Gasteiger partial charge < -0.3 is 5.32 Å². The van der Waals surface area contributed by atoms with Crippen LogP contribution in [0.1, 0.15) is 0 Å². The second-order valence-electron chi connectivity index (χ2n) is 4.35. The summed E-state index contributed by atoms with van der Waals surface area (Å²) in [6.07, 6.45) is 3.58. The van der Waals surface area contributed by atoms with Gasteiger partial charge in [-0.05, 0) is 24.3 Å². The first-order valence-electron chi connectivity index (χ1n) is 6.22. The fourth-order valence-electron chi connectivity index (χ4n) is 2.14. The maximum Gasteiger partial charge on any atom is 0.189 e. The minimum atomic E-state index is 0.830. The van der Waals surface area contributed by atoms with Crippen LogP contribution < -0.4 is 5.32 Å². The quantitative estimate of drug-likeness (QED) is 0.602. The van der Waals surface area contributed by atoms with Crippen molar-refractivity contribution in [2.24, 2.45) is 0 Å². The fraction of sp³-hybridized carbons (Fsp3) is 0. The summed E-state index contributed by atoms with van der Waals surface area (Å²) in [5, 5.41) is 5.28. The molecule has 3 aromatic heterocycles. The van der Waals surface area contributed by atoms with Gasteiger partial charge in [-0.25, -0.2) is 9.97 Å². The van der Waals surface area contributed by atoms with Crippen molar-refractivity contribution in [3.63, 3.8) is 0 Å². The van der Waals surface area contributed by atoms with Crippen LogP contribution in [-0.2, 0) is 0 Å². The Kier molecular flexibility index (Phi) is 2.57. The van der Waals surface area contributed by atoms with Crippen molar-refractivity contribution in [3.05, 3.63) is 54.9 Å². The molecule has 0 radical (unpaired) electrons. The number of anilines is 2. The summed E-state index contributed by atoms with van der Waals surface area (Å²) in [5.74, 6) is 0. The number of rotatable bonds is 2. The lowest BCUT2D eigenvalue weighted by molar-refractivity contribution is 1.38. The molecule has 5 heteroatoms. The van der Waals surface area contributed by atoms with Gasteiger partial charge in [-0.3, -0.25) is 4.98 Å². The van der Waals surface area contributed by atoms with Crippen LogP contribution in [0.4, 0.5) is 10.8 Å². The Morgan fingerprint density at radius 3 is 2.70 bits per heavy atom. The highest BCUT2D eigenvalue weighted by atomic mass is 32.1. The second-order valence-corrected chi connectivity index (χ2v) is 5.33. The molecule has 0 saturated heterocycles. The van der Waals surface area contributed by atoms with E-state index >= 15 is 0 Å². The summed E-state index contributed by atoms with van der Waals surface area (Å²) in [6.45, 7) is 0. The number of benzene rings is 1. The number of hydrogen-bond acceptors (Lipinski definition) is 5. The molecule has 0 amide bonds. The molecular formula is C15H10N4S. The first-order chi connectivity index (χ1) is 9.90. The van der Waals surface area contributed by atoms with Gasteiger partial charge in [0.15, 0.2) is 5.13 Å². The van der Waals surface area contributed by atoms with Gasteiger partial charge in [0, 0.05) is 17.8 Å². The molecule has 1 N–H and O–H groups in total. The molecule has 4 aromatic rings. The zero-order valence-corrected chi connectivity index (χ0v) is 11.3. The number of thiazole rings is 1. The summed E-state index contributed by atoms with van der Waals surface area (Å²) in [5.41, 5.74) is 2.82. The Bertz CT molecular complexity index is 862. The van der Waals surface area contributed by atoms with Crippen molar-refractivity contribution in [1.82, 2.24) is 15.0 Å². The highest BCUT2D eigenvalue weighted by Gasteiger charge is 2.07. The minimum Gasteiger partial charge on any atom is -0.330 e. The number of fused-ring (bicyclic) bond motifs is 2. The standard InChI is InChI=1S/C15H10N4S/c1-4-10-5-2-8-16-13(10)11(6-1)18-15-19-12-7-3-9-17-14(12)20-15/h1-9H,(H,18,19). The van der Waals surface area contributed by atoms with Gasteiger partial charge in [0.05, 0.1) is 11.2 Å². The summed E-state index contributed by atoms with van der Waals surface area (Å²) in [4.78, 5) is 14.2. The predicted octanol–water partition coefficient (Wildman–Crippen LogP) is 3.98. The zero-order chi connectivity index (χ0) is 13.4. The van der Waals surface area contributed by atoms with Crippen molar-refractivity contribution >= 4 is 43.4 Å². The van der Waals surface area contributed by atoms with Gasteiger partial charge in [0.1, 0.15) is 10.3 Å². The first kappa shape index (κ1) is 11.3. The molecule has 4 rings (SSSR count). The maximum absolute atomic E-state index is 4.53. The Balaban J connectivity index is 1.80. The van der Waals surface area contributed by atoms with E-state index in [0.29, 0.717) is 0 Å². The Morgan fingerprint density at radius 1 is 0.900 bits per heavy atom. The van der Waals surface area contributed by atoms with Gasteiger partial charge in [-0.1, -0.05) is 29.5 Å². The molecule has 0 atom stereocenters. The predicted molar refractivity (Wildman–Crippen MR) is 82.4 cm³/mol. The molecule has 0 bridgehead atoms. The van der Waals surface area contributed by atoms with E-state index < -0.39 is 0 Å². The molecule has 20 heavy (non-hydrogen) atoms. The van der Waals surface area contributed by atoms with Crippen LogP contribution in [0.3, 0.4) is 0 Å². The van der Waals surface area contributed by atoms with Crippen LogP contribution in [0.25, 0.3) is 21.3 Å². The van der Waals surface area contributed by atoms with Crippen molar-refractivity contribution in [3.8, 4) is 0 Å². The fourth-order valence-corrected chi connectivity index (χ4v) is 2.96. The zero-order valence-electron chi connectivity index (χ0n) is 10.4. The van der Waals surface area contributed by atoms with Gasteiger partial charge >= 0.3 is 0 Å². The lowest BCUT2D eigenvalue weighted by atomic mass is 10.2. The monoisotopic (exact) mass is 278 g/mol. The number of nitrogens with one attached hydrogen (secondary N) is 1. The van der Waals surface area contributed by atoms with Crippen LogP contribution in [0.5, 0.6) is 0 Å². The Morgan fingerprint density at radius 2 is 1.75 bits per heavy atom. The van der Waals surface area contributed by atoms with E-state index in [1.165, 1.54) is 11.3 Å². The van der Waals surface area contributed by atoms with Crippen LogP contribution in [0.15, 0.2) is 54.9 Å². The molecule has 0 aliphatic carbocycles. The number of hydrogen-bond donors (Lipinski definition) is 1. The normalized spacial score (nSPS) is 11.0. The molecule has 0 spiro atoms. The molecule has 0 aliphatic heterocycles. The van der Waals surface area contributed by atoms with Gasteiger partial charge in [-0.2, -0.15) is 0 Å². The summed E-state index contributed by atoms with van der Waals surface area (Å²) < 4.78 is 0. The molecule has 1 aromatic carbocycles. The van der Waals surface area contributed by atoms with Gasteiger partial charge in [0.25, 0.3) is 0 Å². The number of nitrogens with zero attached hydrogens (tertiary/aromatic N) is 3. The first-order valence-corrected chi connectivity index (χ1v) is 7.04. The summed E-state index contributed by atoms with van der Waals surface area (Å²) >= 11 is 1.54. The van der Waals surface area contributed by atoms with Gasteiger partial charge in [-0.15, -0.1) is 0 Å². The lowest BCUT2D eigenvalue weighted by Gasteiger charge is -2.05. The topological polar surface area (TPSA) is 50.7 Å². The van der Waals surface area contributed by atoms with Crippen molar-refractivity contribution in [2.75, 3.05) is 5.32 Å². The van der Waals surface area contributed by atoms with E-state index in [9.17, 15) is 0 Å². The van der Waals surface area contributed by atoms with E-state index in [1.807, 2.05) is 42.5 Å². The summed E-state index contributed by atoms with van der Waals surface area (Å²) in [7, 11) is 0. The number of pyridine rings is 2. The Labute approximate surface area is 119 Å². The van der Waals surface area contributed by atoms with E-state index in [1.54, 1.807) is 12.4 Å². The van der Waals surface area contributed by atoms with Crippen molar-refractivity contribution in [2.45, 2.75) is 0 Å². The van der Waals surface area contributed by atoms with E-state index in [0.717, 1.165) is 32.1 Å². The smallest absolute Gasteiger partial charge is 0.189 e. The molecular weight excluding hydrogens is 268 g/mol. The summed E-state index contributed by atoms with van der Waals surface area (Å²) in [6, 6.07) is 13.9. The average molecular weight is 278 g/mol. The van der Waals surface area contributed by atoms with Crippen LogP contribution in [0.2, 0.25) is 0 Å². The van der Waals surface area contributed by atoms with Gasteiger partial charge in [0.2, 0.25) is 0 Å². The van der Waals surface area contributed by atoms with Crippen molar-refractivity contribution < 1.29 is 0 Å². The van der Waals surface area contributed by atoms with E-state index in [4.69, 9.17) is 0 Å². The third kappa shape index (κ3) is 1.88. The second kappa shape index (κ2) is 4.54. The molecule has 0 aliphatic rings. The third-order valence-corrected chi connectivity index (χ3v) is 3.94. The lowest BCUT2D eigenvalue weighted by Crippen LogP contribution is -1.91. The van der Waals surface area contributed by atoms with E-state index in [-0.39, 0.29) is 0 Å². The molecule has 0 unspecified atom stereocenters. The van der Waals surface area contributed by atoms with Crippen molar-refractivity contribution in [1.29, 1.82) is 0 Å². The maximum atomic E-state index is 4.53. The van der Waals surface area contributed by atoms with Crippen LogP contribution in [-0.4, -0.2) is 15.0 Å². The molecule has 0 fully saturated rings. The average Bonchev–Trinajstić information content (AvgIpc) is 2.90. The molecule has 4 nitrogen and oxygen atoms in total. The molecule has 3 heterocycles. The number of para-hydroxylation sites is 1. The van der Waals surface area contributed by atoms with Crippen LogP contribution >= 0.6 is 11.3 Å². The third-order valence-electron chi connectivity index (χ3n) is 3.04. The molecule has 0 saturated carbocycles. The number of aromatic nitrogens is 3. The largest absolute Gasteiger partial charge is 0.330 e. The SMILES string of the molecule is c1cnc2c(Nc3nc4cccnc4s3)cccc2c1. The molecule has 96 valence electrons. The highest BCUT2D eigenvalue weighted by molar-refractivity contribution is 7.21. The Hall–Kier alpha value is -2.53. The highest BCUT2D eigenvalue weighted by Crippen LogP contribution is 2.29. The van der Waals surface area contributed by atoms with Crippen LogP contribution in [0, 0.1) is 0 Å². The minimum absolute atomic E-state index is 0.830. The van der Waals surface area contributed by atoms with E-state index in [2.05, 4.69) is 20.3 Å².